The standard InChI is InChI=1S/C14H27NO/c1-12(13-7-4-3-5-8-13)15-11-14(16-2)9-6-10-14/h12-13,15H,3-11H2,1-2H3. The van der Waals surface area contributed by atoms with Crippen LogP contribution in [0.25, 0.3) is 0 Å². The molecule has 0 aromatic heterocycles. The zero-order valence-electron chi connectivity index (χ0n) is 10.9. The van der Waals surface area contributed by atoms with Gasteiger partial charge in [-0.25, -0.2) is 0 Å². The highest BCUT2D eigenvalue weighted by Gasteiger charge is 2.37. The molecule has 0 saturated heterocycles. The molecule has 1 atom stereocenters. The maximum atomic E-state index is 5.65. The third-order valence-electron chi connectivity index (χ3n) is 4.80. The quantitative estimate of drug-likeness (QED) is 0.776. The summed E-state index contributed by atoms with van der Waals surface area (Å²) in [6, 6.07) is 0.674. The van der Waals surface area contributed by atoms with Crippen molar-refractivity contribution >= 4 is 0 Å². The van der Waals surface area contributed by atoms with Crippen LogP contribution in [0.3, 0.4) is 0 Å². The molecule has 0 aliphatic heterocycles. The molecule has 2 nitrogen and oxygen atoms in total. The van der Waals surface area contributed by atoms with Crippen molar-refractivity contribution in [2.75, 3.05) is 13.7 Å². The summed E-state index contributed by atoms with van der Waals surface area (Å²) in [5.41, 5.74) is 0.183. The Morgan fingerprint density at radius 1 is 1.19 bits per heavy atom. The molecule has 2 saturated carbocycles. The van der Waals surface area contributed by atoms with Gasteiger partial charge in [-0.1, -0.05) is 19.3 Å². The summed E-state index contributed by atoms with van der Waals surface area (Å²) < 4.78 is 5.65. The molecule has 0 heterocycles. The van der Waals surface area contributed by atoms with Gasteiger partial charge in [-0.05, 0) is 44.9 Å². The van der Waals surface area contributed by atoms with Gasteiger partial charge in [0.1, 0.15) is 0 Å². The molecule has 2 fully saturated rings. The van der Waals surface area contributed by atoms with Crippen LogP contribution in [0.2, 0.25) is 0 Å². The molecule has 94 valence electrons. The van der Waals surface area contributed by atoms with Gasteiger partial charge in [0.15, 0.2) is 0 Å². The number of ether oxygens (including phenoxy) is 1. The van der Waals surface area contributed by atoms with Gasteiger partial charge in [0.25, 0.3) is 0 Å². The topological polar surface area (TPSA) is 21.3 Å². The number of hydrogen-bond acceptors (Lipinski definition) is 2. The van der Waals surface area contributed by atoms with Crippen molar-refractivity contribution < 1.29 is 4.74 Å². The Bertz CT molecular complexity index is 201. The summed E-state index contributed by atoms with van der Waals surface area (Å²) in [6.45, 7) is 3.42. The predicted octanol–water partition coefficient (Wildman–Crippen LogP) is 3.11. The average molecular weight is 225 g/mol. The number of nitrogens with one attached hydrogen (secondary N) is 1. The van der Waals surface area contributed by atoms with Gasteiger partial charge in [-0.15, -0.1) is 0 Å². The van der Waals surface area contributed by atoms with Crippen LogP contribution in [0.4, 0.5) is 0 Å². The van der Waals surface area contributed by atoms with Gasteiger partial charge in [-0.3, -0.25) is 0 Å². The van der Waals surface area contributed by atoms with E-state index >= 15 is 0 Å². The van der Waals surface area contributed by atoms with Gasteiger partial charge >= 0.3 is 0 Å². The molecular weight excluding hydrogens is 198 g/mol. The molecule has 2 aliphatic rings. The fraction of sp³-hybridized carbons (Fsp3) is 1.00. The minimum absolute atomic E-state index is 0.183. The second-order valence-electron chi connectivity index (χ2n) is 5.81. The lowest BCUT2D eigenvalue weighted by molar-refractivity contribution is -0.0716. The Morgan fingerprint density at radius 3 is 2.38 bits per heavy atom. The van der Waals surface area contributed by atoms with Gasteiger partial charge in [0, 0.05) is 19.7 Å². The minimum atomic E-state index is 0.183. The van der Waals surface area contributed by atoms with E-state index < -0.39 is 0 Å². The lowest BCUT2D eigenvalue weighted by Crippen LogP contribution is -2.51. The third-order valence-corrected chi connectivity index (χ3v) is 4.80. The zero-order valence-corrected chi connectivity index (χ0v) is 10.9. The van der Waals surface area contributed by atoms with Crippen molar-refractivity contribution in [2.45, 2.75) is 69.9 Å². The molecular formula is C14H27NO. The summed E-state index contributed by atoms with van der Waals surface area (Å²) in [7, 11) is 1.87. The maximum Gasteiger partial charge on any atom is 0.0802 e. The van der Waals surface area contributed by atoms with E-state index in [9.17, 15) is 0 Å². The molecule has 0 bridgehead atoms. The number of rotatable bonds is 5. The Balaban J connectivity index is 1.71. The van der Waals surface area contributed by atoms with E-state index in [-0.39, 0.29) is 5.60 Å². The monoisotopic (exact) mass is 225 g/mol. The van der Waals surface area contributed by atoms with Crippen LogP contribution in [-0.2, 0) is 4.74 Å². The lowest BCUT2D eigenvalue weighted by atomic mass is 9.79. The molecule has 0 radical (unpaired) electrons. The second-order valence-corrected chi connectivity index (χ2v) is 5.81. The summed E-state index contributed by atoms with van der Waals surface area (Å²) >= 11 is 0. The van der Waals surface area contributed by atoms with Gasteiger partial charge in [0.2, 0.25) is 0 Å². The zero-order chi connectivity index (χ0) is 11.4. The number of hydrogen-bond donors (Lipinski definition) is 1. The molecule has 1 N–H and O–H groups in total. The molecule has 16 heavy (non-hydrogen) atoms. The molecule has 0 aromatic carbocycles. The number of methoxy groups -OCH3 is 1. The first-order valence-electron chi connectivity index (χ1n) is 7.04. The Hall–Kier alpha value is -0.0800. The van der Waals surface area contributed by atoms with Gasteiger partial charge in [0.05, 0.1) is 5.60 Å². The smallest absolute Gasteiger partial charge is 0.0802 e. The second kappa shape index (κ2) is 5.50. The summed E-state index contributed by atoms with van der Waals surface area (Å²) in [5.74, 6) is 0.905. The van der Waals surface area contributed by atoms with E-state index in [1.807, 2.05) is 7.11 Å². The van der Waals surface area contributed by atoms with Crippen LogP contribution >= 0.6 is 0 Å². The molecule has 0 aromatic rings. The average Bonchev–Trinajstić information content (AvgIpc) is 2.29. The summed E-state index contributed by atoms with van der Waals surface area (Å²) in [6.07, 6.45) is 11.0. The summed E-state index contributed by atoms with van der Waals surface area (Å²) in [4.78, 5) is 0. The fourth-order valence-electron chi connectivity index (χ4n) is 3.17. The minimum Gasteiger partial charge on any atom is -0.377 e. The molecule has 0 spiro atoms. The SMILES string of the molecule is COC1(CNC(C)C2CCCCC2)CCC1. The highest BCUT2D eigenvalue weighted by molar-refractivity contribution is 4.92. The van der Waals surface area contributed by atoms with Crippen LogP contribution < -0.4 is 5.32 Å². The van der Waals surface area contributed by atoms with Crippen LogP contribution in [0.1, 0.15) is 58.3 Å². The van der Waals surface area contributed by atoms with Crippen molar-refractivity contribution in [2.24, 2.45) is 5.92 Å². The normalized spacial score (nSPS) is 27.4. The van der Waals surface area contributed by atoms with Crippen molar-refractivity contribution in [1.29, 1.82) is 0 Å². The van der Waals surface area contributed by atoms with Crippen LogP contribution in [-0.4, -0.2) is 25.3 Å². The van der Waals surface area contributed by atoms with E-state index in [4.69, 9.17) is 4.74 Å². The van der Waals surface area contributed by atoms with E-state index in [0.29, 0.717) is 6.04 Å². The highest BCUT2D eigenvalue weighted by atomic mass is 16.5. The van der Waals surface area contributed by atoms with E-state index in [1.165, 1.54) is 51.4 Å². The maximum absolute atomic E-state index is 5.65. The first-order valence-corrected chi connectivity index (χ1v) is 7.04. The Labute approximate surface area is 100 Å². The first kappa shape index (κ1) is 12.4. The molecule has 2 rings (SSSR count). The first-order chi connectivity index (χ1) is 7.76. The summed E-state index contributed by atoms with van der Waals surface area (Å²) in [5, 5.41) is 3.72. The molecule has 0 amide bonds. The van der Waals surface area contributed by atoms with Crippen molar-refractivity contribution in [3.63, 3.8) is 0 Å². The van der Waals surface area contributed by atoms with E-state index in [2.05, 4.69) is 12.2 Å². The van der Waals surface area contributed by atoms with Crippen LogP contribution in [0, 0.1) is 5.92 Å². The third kappa shape index (κ3) is 2.78. The van der Waals surface area contributed by atoms with E-state index in [1.54, 1.807) is 0 Å². The fourth-order valence-corrected chi connectivity index (χ4v) is 3.17. The lowest BCUT2D eigenvalue weighted by Gasteiger charge is -2.42. The Morgan fingerprint density at radius 2 is 1.88 bits per heavy atom. The van der Waals surface area contributed by atoms with Crippen molar-refractivity contribution in [1.82, 2.24) is 5.32 Å². The molecule has 2 heteroatoms. The predicted molar refractivity (Wildman–Crippen MR) is 67.6 cm³/mol. The van der Waals surface area contributed by atoms with Crippen molar-refractivity contribution in [3.8, 4) is 0 Å². The molecule has 2 aliphatic carbocycles. The van der Waals surface area contributed by atoms with Crippen molar-refractivity contribution in [3.05, 3.63) is 0 Å². The highest BCUT2D eigenvalue weighted by Crippen LogP contribution is 2.35. The molecule has 1 unspecified atom stereocenters. The van der Waals surface area contributed by atoms with E-state index in [0.717, 1.165) is 12.5 Å². The van der Waals surface area contributed by atoms with Crippen LogP contribution in [0.15, 0.2) is 0 Å². The van der Waals surface area contributed by atoms with Gasteiger partial charge < -0.3 is 10.1 Å². The Kier molecular flexibility index (Phi) is 4.26. The van der Waals surface area contributed by atoms with Gasteiger partial charge in [-0.2, -0.15) is 0 Å². The largest absolute Gasteiger partial charge is 0.377 e. The van der Waals surface area contributed by atoms with Crippen LogP contribution in [0.5, 0.6) is 0 Å².